The number of quaternary nitrogens is 1. The van der Waals surface area contributed by atoms with Gasteiger partial charge in [-0.3, -0.25) is 0 Å². The van der Waals surface area contributed by atoms with Gasteiger partial charge in [-0.05, 0) is 20.8 Å². The summed E-state index contributed by atoms with van der Waals surface area (Å²) in [5.41, 5.74) is 0. The third-order valence-electron chi connectivity index (χ3n) is 4.30. The van der Waals surface area contributed by atoms with Crippen LogP contribution in [0.15, 0.2) is 0 Å². The first-order chi connectivity index (χ1) is 10.6. The Labute approximate surface area is 140 Å². The number of hydrogen-bond donors (Lipinski definition) is 2. The van der Waals surface area contributed by atoms with E-state index >= 15 is 0 Å². The molecular formula is C18H42BNO2. The van der Waals surface area contributed by atoms with E-state index in [4.69, 9.17) is 5.02 Å². The van der Waals surface area contributed by atoms with Gasteiger partial charge in [0.25, 0.3) is 0 Å². The Morgan fingerprint density at radius 2 is 1.05 bits per heavy atom. The van der Waals surface area contributed by atoms with Gasteiger partial charge in [-0.25, -0.2) is 0 Å². The molecule has 0 aliphatic rings. The molecule has 134 valence electrons. The van der Waals surface area contributed by atoms with E-state index < -0.39 is 7.12 Å². The normalized spacial score (nSPS) is 10.5. The van der Waals surface area contributed by atoms with Gasteiger partial charge in [-0.15, -0.1) is 0 Å². The SMILES string of the molecule is CCCCCCCCCCCCB([O-])O.CC[NH+](CC)CC. The lowest BCUT2D eigenvalue weighted by Gasteiger charge is -2.10. The molecule has 0 aromatic rings. The summed E-state index contributed by atoms with van der Waals surface area (Å²) in [5.74, 6) is 0. The summed E-state index contributed by atoms with van der Waals surface area (Å²) in [5, 5.41) is 18.8. The summed E-state index contributed by atoms with van der Waals surface area (Å²) in [7, 11) is -1.35. The molecule has 0 saturated carbocycles. The van der Waals surface area contributed by atoms with Gasteiger partial charge in [0.15, 0.2) is 7.12 Å². The Kier molecular flexibility index (Phi) is 23.0. The zero-order valence-electron chi connectivity index (χ0n) is 15.8. The van der Waals surface area contributed by atoms with Gasteiger partial charge < -0.3 is 14.9 Å². The van der Waals surface area contributed by atoms with Gasteiger partial charge in [-0.2, -0.15) is 0 Å². The van der Waals surface area contributed by atoms with E-state index in [0.717, 1.165) is 12.8 Å². The smallest absolute Gasteiger partial charge is 0.178 e. The van der Waals surface area contributed by atoms with Crippen molar-refractivity contribution in [2.45, 2.75) is 98.2 Å². The highest BCUT2D eigenvalue weighted by atomic mass is 16.4. The van der Waals surface area contributed by atoms with Crippen LogP contribution in [0.5, 0.6) is 0 Å². The van der Waals surface area contributed by atoms with Crippen LogP contribution < -0.4 is 9.92 Å². The molecule has 0 unspecified atom stereocenters. The van der Waals surface area contributed by atoms with E-state index in [0.29, 0.717) is 6.32 Å². The van der Waals surface area contributed by atoms with Crippen molar-refractivity contribution in [3.63, 3.8) is 0 Å². The van der Waals surface area contributed by atoms with Crippen LogP contribution in [0.3, 0.4) is 0 Å². The predicted octanol–water partition coefficient (Wildman–Crippen LogP) is 2.68. The fraction of sp³-hybridized carbons (Fsp3) is 1.00. The third-order valence-corrected chi connectivity index (χ3v) is 4.30. The van der Waals surface area contributed by atoms with E-state index in [1.54, 1.807) is 4.90 Å². The maximum atomic E-state index is 10.3. The van der Waals surface area contributed by atoms with Crippen LogP contribution in [0.1, 0.15) is 91.9 Å². The van der Waals surface area contributed by atoms with Gasteiger partial charge in [0.05, 0.1) is 19.6 Å². The van der Waals surface area contributed by atoms with Crippen LogP contribution in [0.4, 0.5) is 0 Å². The maximum Gasteiger partial charge on any atom is 0.178 e. The summed E-state index contributed by atoms with van der Waals surface area (Å²) < 4.78 is 0. The third kappa shape index (κ3) is 22.2. The van der Waals surface area contributed by atoms with Crippen molar-refractivity contribution < 1.29 is 14.9 Å². The first-order valence-corrected chi connectivity index (χ1v) is 9.79. The lowest BCUT2D eigenvalue weighted by Crippen LogP contribution is -3.11. The van der Waals surface area contributed by atoms with E-state index in [2.05, 4.69) is 27.7 Å². The zero-order valence-corrected chi connectivity index (χ0v) is 15.8. The van der Waals surface area contributed by atoms with Crippen LogP contribution in [-0.4, -0.2) is 31.8 Å². The Morgan fingerprint density at radius 3 is 1.32 bits per heavy atom. The van der Waals surface area contributed by atoms with Gasteiger partial charge in [-0.1, -0.05) is 77.5 Å². The van der Waals surface area contributed by atoms with Gasteiger partial charge in [0.2, 0.25) is 0 Å². The minimum atomic E-state index is -1.35. The fourth-order valence-electron chi connectivity index (χ4n) is 2.56. The van der Waals surface area contributed by atoms with E-state index in [9.17, 15) is 5.02 Å². The summed E-state index contributed by atoms with van der Waals surface area (Å²) in [6, 6.07) is 0. The van der Waals surface area contributed by atoms with E-state index in [1.807, 2.05) is 0 Å². The first kappa shape index (κ1) is 24.2. The molecule has 0 aromatic heterocycles. The van der Waals surface area contributed by atoms with Crippen molar-refractivity contribution in [2.24, 2.45) is 0 Å². The summed E-state index contributed by atoms with van der Waals surface area (Å²) in [6.45, 7) is 12.7. The monoisotopic (exact) mass is 315 g/mol. The standard InChI is InChI=1S/C12H26BO2.C6H15N/c1-2-3-4-5-6-7-8-9-10-11-12-13(14)15;1-4-7(5-2)6-3/h14H,2-12H2,1H3;4-6H2,1-3H3/q-1;/p+1. The zero-order chi connectivity index (χ0) is 17.1. The van der Waals surface area contributed by atoms with Gasteiger partial charge >= 0.3 is 0 Å². The molecule has 0 radical (unpaired) electrons. The summed E-state index contributed by atoms with van der Waals surface area (Å²) >= 11 is 0. The molecule has 0 aliphatic heterocycles. The van der Waals surface area contributed by atoms with Crippen LogP contribution in [0.25, 0.3) is 0 Å². The molecule has 0 aromatic carbocycles. The maximum absolute atomic E-state index is 10.3. The highest BCUT2D eigenvalue weighted by Gasteiger charge is 1.94. The van der Waals surface area contributed by atoms with Crippen molar-refractivity contribution in [3.8, 4) is 0 Å². The highest BCUT2D eigenvalue weighted by molar-refractivity contribution is 6.38. The lowest BCUT2D eigenvalue weighted by atomic mass is 9.83. The van der Waals surface area contributed by atoms with Crippen LogP contribution in [0.2, 0.25) is 6.32 Å². The first-order valence-electron chi connectivity index (χ1n) is 9.79. The quantitative estimate of drug-likeness (QED) is 0.382. The summed E-state index contributed by atoms with van der Waals surface area (Å²) in [6.07, 6.45) is 13.1. The molecule has 0 rings (SSSR count). The topological polar surface area (TPSA) is 47.7 Å². The Hall–Kier alpha value is -0.0551. The molecule has 0 spiro atoms. The minimum Gasteiger partial charge on any atom is -0.857 e. The Morgan fingerprint density at radius 1 is 0.682 bits per heavy atom. The fourth-order valence-corrected chi connectivity index (χ4v) is 2.56. The predicted molar refractivity (Wildman–Crippen MR) is 97.2 cm³/mol. The van der Waals surface area contributed by atoms with E-state index in [-0.39, 0.29) is 0 Å². The molecule has 0 heterocycles. The number of hydrogen-bond acceptors (Lipinski definition) is 2. The van der Waals surface area contributed by atoms with Crippen LogP contribution in [0, 0.1) is 0 Å². The largest absolute Gasteiger partial charge is 0.857 e. The second kappa shape index (κ2) is 20.9. The number of rotatable bonds is 14. The van der Waals surface area contributed by atoms with Crippen molar-refractivity contribution >= 4 is 7.12 Å². The average molecular weight is 315 g/mol. The van der Waals surface area contributed by atoms with Gasteiger partial charge in [0.1, 0.15) is 0 Å². The van der Waals surface area contributed by atoms with Gasteiger partial charge in [0, 0.05) is 0 Å². The molecule has 0 aliphatic carbocycles. The number of unbranched alkanes of at least 4 members (excludes halogenated alkanes) is 9. The molecule has 3 nitrogen and oxygen atoms in total. The second-order valence-corrected chi connectivity index (χ2v) is 6.24. The molecule has 0 bridgehead atoms. The average Bonchev–Trinajstić information content (AvgIpc) is 2.51. The second-order valence-electron chi connectivity index (χ2n) is 6.24. The van der Waals surface area contributed by atoms with Crippen LogP contribution >= 0.6 is 0 Å². The molecule has 0 amide bonds. The van der Waals surface area contributed by atoms with Crippen LogP contribution in [-0.2, 0) is 0 Å². The van der Waals surface area contributed by atoms with E-state index in [1.165, 1.54) is 71.0 Å². The molecule has 4 heteroatoms. The van der Waals surface area contributed by atoms with Crippen molar-refractivity contribution in [2.75, 3.05) is 19.6 Å². The molecule has 22 heavy (non-hydrogen) atoms. The molecular weight excluding hydrogens is 273 g/mol. The molecule has 0 saturated heterocycles. The Bertz CT molecular complexity index is 182. The highest BCUT2D eigenvalue weighted by Crippen LogP contribution is 2.11. The number of nitrogens with one attached hydrogen (secondary N) is 1. The molecule has 0 atom stereocenters. The van der Waals surface area contributed by atoms with Crippen molar-refractivity contribution in [3.05, 3.63) is 0 Å². The summed E-state index contributed by atoms with van der Waals surface area (Å²) in [4.78, 5) is 1.68. The Balaban J connectivity index is 0. The molecule has 0 fully saturated rings. The van der Waals surface area contributed by atoms with Crippen molar-refractivity contribution in [1.82, 2.24) is 0 Å². The molecule has 2 N–H and O–H groups in total. The minimum absolute atomic E-state index is 0.427. The lowest BCUT2D eigenvalue weighted by molar-refractivity contribution is -0.894. The van der Waals surface area contributed by atoms with Crippen molar-refractivity contribution in [1.29, 1.82) is 0 Å².